The van der Waals surface area contributed by atoms with Gasteiger partial charge < -0.3 is 0 Å². The van der Waals surface area contributed by atoms with E-state index in [1.807, 2.05) is 0 Å². The van der Waals surface area contributed by atoms with Gasteiger partial charge in [-0.05, 0) is 56.6 Å². The van der Waals surface area contributed by atoms with Crippen LogP contribution in [0.1, 0.15) is 75.2 Å². The van der Waals surface area contributed by atoms with Crippen LogP contribution in [0.3, 0.4) is 0 Å². The summed E-state index contributed by atoms with van der Waals surface area (Å²) in [6, 6.07) is 50.1. The molecule has 0 aliphatic heterocycles. The Hall–Kier alpha value is -4.13. The average molecular weight is 778 g/mol. The fraction of sp³-hybridized carbons (Fsp3) is 0.209. The van der Waals surface area contributed by atoms with E-state index < -0.39 is 5.41 Å². The summed E-state index contributed by atoms with van der Waals surface area (Å²) in [4.78, 5) is 10.9. The van der Waals surface area contributed by atoms with Gasteiger partial charge in [0.2, 0.25) is 0 Å². The molecule has 7 rings (SSSR count). The number of hydrogen-bond donors (Lipinski definition) is 0. The van der Waals surface area contributed by atoms with E-state index in [-0.39, 0.29) is 31.9 Å². The summed E-state index contributed by atoms with van der Waals surface area (Å²) in [5, 5.41) is 0. The van der Waals surface area contributed by atoms with Crippen molar-refractivity contribution in [2.75, 3.05) is 0 Å². The third-order valence-electron chi connectivity index (χ3n) is 9.13. The molecule has 3 heteroatoms. The van der Waals surface area contributed by atoms with Gasteiger partial charge in [-0.15, -0.1) is 70.8 Å². The van der Waals surface area contributed by atoms with Crippen molar-refractivity contribution < 1.29 is 21.1 Å². The number of benzene rings is 4. The molecule has 0 radical (unpaired) electrons. The molecule has 6 aromatic rings. The van der Waals surface area contributed by atoms with Crippen molar-refractivity contribution in [3.05, 3.63) is 167 Å². The first-order valence-corrected chi connectivity index (χ1v) is 15.8. The molecule has 0 bridgehead atoms. The number of hydrogen-bond acceptors (Lipinski definition) is 2. The first-order valence-electron chi connectivity index (χ1n) is 15.8. The predicted molar refractivity (Wildman–Crippen MR) is 185 cm³/mol. The van der Waals surface area contributed by atoms with Crippen molar-refractivity contribution in [1.29, 1.82) is 0 Å². The van der Waals surface area contributed by atoms with Crippen molar-refractivity contribution >= 4 is 0 Å². The topological polar surface area (TPSA) is 25.8 Å². The van der Waals surface area contributed by atoms with Crippen LogP contribution in [0, 0.1) is 12.1 Å². The molecule has 0 N–H and O–H groups in total. The van der Waals surface area contributed by atoms with Crippen molar-refractivity contribution in [2.45, 2.75) is 57.8 Å². The number of pyridine rings is 2. The van der Waals surface area contributed by atoms with Crippen molar-refractivity contribution in [3.63, 3.8) is 0 Å². The summed E-state index contributed by atoms with van der Waals surface area (Å²) in [6.45, 7) is 13.4. The number of fused-ring (bicyclic) bond motifs is 3. The van der Waals surface area contributed by atoms with Gasteiger partial charge in [-0.3, -0.25) is 9.97 Å². The summed E-state index contributed by atoms with van der Waals surface area (Å²) in [5.74, 6) is 0. The van der Waals surface area contributed by atoms with Crippen molar-refractivity contribution in [3.8, 4) is 33.6 Å². The van der Waals surface area contributed by atoms with Crippen LogP contribution in [0.4, 0.5) is 0 Å². The monoisotopic (exact) mass is 777 g/mol. The van der Waals surface area contributed by atoms with Crippen LogP contribution in [0.5, 0.6) is 0 Å². The summed E-state index contributed by atoms with van der Waals surface area (Å²) in [5.41, 5.74) is 12.4. The fourth-order valence-electron chi connectivity index (χ4n) is 6.61. The van der Waals surface area contributed by atoms with E-state index in [0.29, 0.717) is 0 Å². The minimum Gasteiger partial charge on any atom is -0.300 e. The number of aromatic nitrogens is 2. The van der Waals surface area contributed by atoms with Crippen LogP contribution in [0.15, 0.2) is 121 Å². The minimum atomic E-state index is -0.699. The van der Waals surface area contributed by atoms with Gasteiger partial charge in [0.05, 0.1) is 11.4 Å². The predicted octanol–water partition coefficient (Wildman–Crippen LogP) is 10.4. The first-order chi connectivity index (χ1) is 21.6. The molecular formula is C43H38N2Pt. The Morgan fingerprint density at radius 3 is 1.26 bits per heavy atom. The van der Waals surface area contributed by atoms with Gasteiger partial charge in [0.25, 0.3) is 0 Å². The fourth-order valence-corrected chi connectivity index (χ4v) is 6.61. The van der Waals surface area contributed by atoms with Gasteiger partial charge in [0.1, 0.15) is 5.41 Å². The maximum atomic E-state index is 5.43. The van der Waals surface area contributed by atoms with E-state index in [9.17, 15) is 0 Å². The van der Waals surface area contributed by atoms with Gasteiger partial charge in [-0.25, -0.2) is 0 Å². The van der Waals surface area contributed by atoms with E-state index >= 15 is 0 Å². The van der Waals surface area contributed by atoms with E-state index in [1.54, 1.807) is 0 Å². The van der Waals surface area contributed by atoms with Crippen LogP contribution >= 0.6 is 0 Å². The molecule has 0 fully saturated rings. The van der Waals surface area contributed by atoms with Crippen LogP contribution < -0.4 is 0 Å². The Bertz CT molecular complexity index is 1860. The summed E-state index contributed by atoms with van der Waals surface area (Å²) in [7, 11) is 0. The Morgan fingerprint density at radius 2 is 0.891 bits per heavy atom. The van der Waals surface area contributed by atoms with Gasteiger partial charge in [-0.1, -0.05) is 114 Å². The Morgan fingerprint density at radius 1 is 0.478 bits per heavy atom. The molecule has 1 aliphatic carbocycles. The molecule has 0 saturated carbocycles. The molecule has 0 atom stereocenters. The second-order valence-corrected chi connectivity index (χ2v) is 14.1. The SMILES string of the molecule is CC(C)(C)c1c[c-]c(-c2cccc(C3(c4cccc(-c5[c-]cc(C(C)(C)C)cc5)n4)c4ccccc4-c4ccccc43)n2)cc1.[Pt+2]. The molecule has 0 spiro atoms. The van der Waals surface area contributed by atoms with Crippen molar-refractivity contribution in [1.82, 2.24) is 9.97 Å². The zero-order chi connectivity index (χ0) is 31.4. The second-order valence-electron chi connectivity index (χ2n) is 14.1. The average Bonchev–Trinajstić information content (AvgIpc) is 3.35. The van der Waals surface area contributed by atoms with Crippen LogP contribution in [-0.2, 0) is 37.3 Å². The maximum Gasteiger partial charge on any atom is 2.00 e. The third-order valence-corrected chi connectivity index (χ3v) is 9.13. The molecule has 230 valence electrons. The number of rotatable bonds is 4. The molecule has 2 aromatic heterocycles. The Kier molecular flexibility index (Phi) is 8.24. The van der Waals surface area contributed by atoms with Gasteiger partial charge in [0.15, 0.2) is 0 Å². The van der Waals surface area contributed by atoms with Crippen LogP contribution in [-0.4, -0.2) is 9.97 Å². The van der Waals surface area contributed by atoms with Gasteiger partial charge in [-0.2, -0.15) is 0 Å². The maximum absolute atomic E-state index is 5.43. The molecule has 2 nitrogen and oxygen atoms in total. The zero-order valence-electron chi connectivity index (χ0n) is 27.3. The smallest absolute Gasteiger partial charge is 0.300 e. The Balaban J connectivity index is 0.00000372. The largest absolute Gasteiger partial charge is 2.00 e. The van der Waals surface area contributed by atoms with Crippen LogP contribution in [0.25, 0.3) is 33.6 Å². The molecule has 2 heterocycles. The number of nitrogens with zero attached hydrogens (tertiary/aromatic N) is 2. The molecule has 46 heavy (non-hydrogen) atoms. The van der Waals surface area contributed by atoms with Gasteiger partial charge in [0, 0.05) is 0 Å². The van der Waals surface area contributed by atoms with Crippen LogP contribution in [0.2, 0.25) is 0 Å². The first kappa shape index (κ1) is 31.8. The Labute approximate surface area is 288 Å². The summed E-state index contributed by atoms with van der Waals surface area (Å²) >= 11 is 0. The van der Waals surface area contributed by atoms with E-state index in [1.165, 1.54) is 33.4 Å². The van der Waals surface area contributed by atoms with Gasteiger partial charge >= 0.3 is 21.1 Å². The summed E-state index contributed by atoms with van der Waals surface area (Å²) in [6.07, 6.45) is 0. The van der Waals surface area contributed by atoms with E-state index in [2.05, 4.69) is 175 Å². The standard InChI is InChI=1S/C43H38N2.Pt/c1-41(2,3)31-25-21-29(22-26-31)37-17-11-19-39(44-37)43(35-15-9-7-13-33(35)34-14-8-10-16-36(34)43)40-20-12-18-38(45-40)30-23-27-32(28-24-30)42(4,5)6;/h7-21,23,25-28H,1-6H3;/q-2;+2. The molecule has 4 aromatic carbocycles. The molecule has 0 unspecified atom stereocenters. The summed E-state index contributed by atoms with van der Waals surface area (Å²) < 4.78 is 0. The normalized spacial score (nSPS) is 13.4. The second kappa shape index (κ2) is 11.9. The van der Waals surface area contributed by atoms with Crippen molar-refractivity contribution in [2.24, 2.45) is 0 Å². The third kappa shape index (κ3) is 5.37. The molecular weight excluding hydrogens is 740 g/mol. The van der Waals surface area contributed by atoms with E-state index in [4.69, 9.17) is 9.97 Å². The molecule has 1 aliphatic rings. The van der Waals surface area contributed by atoms with E-state index in [0.717, 1.165) is 33.9 Å². The minimum absolute atomic E-state index is 0. The quantitative estimate of drug-likeness (QED) is 0.166. The zero-order valence-corrected chi connectivity index (χ0v) is 29.5. The molecule has 0 amide bonds. The molecule has 0 saturated heterocycles.